The van der Waals surface area contributed by atoms with Crippen molar-refractivity contribution in [3.8, 4) is 11.8 Å². The highest BCUT2D eigenvalue weighted by Gasteiger charge is 2.22. The van der Waals surface area contributed by atoms with Gasteiger partial charge in [0.05, 0.1) is 11.5 Å². The van der Waals surface area contributed by atoms with Crippen molar-refractivity contribution in [1.29, 1.82) is 0 Å². The second kappa shape index (κ2) is 8.18. The largest absolute Gasteiger partial charge is 0.395 e. The van der Waals surface area contributed by atoms with Gasteiger partial charge in [0.1, 0.15) is 0 Å². The maximum atomic E-state index is 12.5. The Labute approximate surface area is 127 Å². The first-order valence-corrected chi connectivity index (χ1v) is 8.61. The van der Waals surface area contributed by atoms with Crippen molar-refractivity contribution >= 4 is 10.0 Å². The monoisotopic (exact) mass is 309 g/mol. The molecule has 0 aliphatic heterocycles. The van der Waals surface area contributed by atoms with Crippen molar-refractivity contribution in [2.75, 3.05) is 6.61 Å². The Hall–Kier alpha value is -1.35. The van der Waals surface area contributed by atoms with Crippen LogP contribution in [0, 0.1) is 17.8 Å². The van der Waals surface area contributed by atoms with E-state index < -0.39 is 10.0 Å². The summed E-state index contributed by atoms with van der Waals surface area (Å²) in [4.78, 5) is 0.189. The minimum Gasteiger partial charge on any atom is -0.395 e. The van der Waals surface area contributed by atoms with Gasteiger partial charge in [0.2, 0.25) is 10.0 Å². The molecular weight excluding hydrogens is 286 g/mol. The zero-order chi connectivity index (χ0) is 15.9. The number of nitrogens with one attached hydrogen (secondary N) is 1. The van der Waals surface area contributed by atoms with E-state index in [1.165, 1.54) is 0 Å². The van der Waals surface area contributed by atoms with Gasteiger partial charge in [0, 0.05) is 18.0 Å². The zero-order valence-corrected chi connectivity index (χ0v) is 13.6. The lowest BCUT2D eigenvalue weighted by Gasteiger charge is -2.21. The smallest absolute Gasteiger partial charge is 0.242 e. The van der Waals surface area contributed by atoms with Gasteiger partial charge < -0.3 is 5.11 Å². The van der Waals surface area contributed by atoms with E-state index in [1.807, 2.05) is 20.8 Å². The van der Waals surface area contributed by atoms with Crippen molar-refractivity contribution in [1.82, 2.24) is 4.72 Å². The fraction of sp³-hybridized carbons (Fsp3) is 0.500. The average Bonchev–Trinajstić information content (AvgIpc) is 2.45. The van der Waals surface area contributed by atoms with E-state index in [1.54, 1.807) is 24.3 Å². The second-order valence-corrected chi connectivity index (χ2v) is 6.83. The summed E-state index contributed by atoms with van der Waals surface area (Å²) in [6.07, 6.45) is 1.06. The molecule has 1 rings (SSSR count). The molecule has 116 valence electrons. The van der Waals surface area contributed by atoms with Gasteiger partial charge in [-0.2, -0.15) is 0 Å². The summed E-state index contributed by atoms with van der Waals surface area (Å²) < 4.78 is 27.8. The molecule has 4 nitrogen and oxygen atoms in total. The second-order valence-electron chi connectivity index (χ2n) is 5.15. The Kier molecular flexibility index (Phi) is 6.90. The average molecular weight is 309 g/mol. The number of rotatable bonds is 6. The molecule has 0 aliphatic rings. The number of hydrogen-bond donors (Lipinski definition) is 2. The molecule has 1 atom stereocenters. The van der Waals surface area contributed by atoms with Gasteiger partial charge >= 0.3 is 0 Å². The van der Waals surface area contributed by atoms with Gasteiger partial charge in [-0.1, -0.05) is 44.7 Å². The lowest BCUT2D eigenvalue weighted by atomic mass is 10.0. The highest BCUT2D eigenvalue weighted by Crippen LogP contribution is 2.17. The minimum absolute atomic E-state index is 0.0363. The van der Waals surface area contributed by atoms with Crippen LogP contribution >= 0.6 is 0 Å². The van der Waals surface area contributed by atoms with Gasteiger partial charge in [-0.05, 0) is 24.5 Å². The fourth-order valence-electron chi connectivity index (χ4n) is 1.97. The molecule has 1 aromatic rings. The van der Waals surface area contributed by atoms with Crippen LogP contribution in [0.15, 0.2) is 29.2 Å². The van der Waals surface area contributed by atoms with Crippen molar-refractivity contribution in [3.05, 3.63) is 29.8 Å². The number of benzene rings is 1. The minimum atomic E-state index is -3.60. The molecule has 0 fully saturated rings. The normalized spacial score (nSPS) is 12.8. The van der Waals surface area contributed by atoms with E-state index in [2.05, 4.69) is 16.6 Å². The van der Waals surface area contributed by atoms with E-state index in [0.717, 1.165) is 6.42 Å². The fourth-order valence-corrected chi connectivity index (χ4v) is 3.60. The molecule has 5 heteroatoms. The van der Waals surface area contributed by atoms with Crippen molar-refractivity contribution < 1.29 is 13.5 Å². The first kappa shape index (κ1) is 17.7. The molecule has 0 aliphatic carbocycles. The Morgan fingerprint density at radius 3 is 2.52 bits per heavy atom. The van der Waals surface area contributed by atoms with Crippen LogP contribution in [-0.4, -0.2) is 26.2 Å². The molecule has 1 unspecified atom stereocenters. The Morgan fingerprint density at radius 1 is 1.29 bits per heavy atom. The van der Waals surface area contributed by atoms with Crippen LogP contribution in [-0.2, 0) is 10.0 Å². The molecule has 0 saturated heterocycles. The van der Waals surface area contributed by atoms with Crippen LogP contribution in [0.2, 0.25) is 0 Å². The predicted octanol–water partition coefficient (Wildman–Crippen LogP) is 2.13. The lowest BCUT2D eigenvalue weighted by Crippen LogP contribution is -2.38. The molecule has 0 amide bonds. The third kappa shape index (κ3) is 5.16. The van der Waals surface area contributed by atoms with Gasteiger partial charge in [0.25, 0.3) is 0 Å². The first-order valence-electron chi connectivity index (χ1n) is 7.13. The number of hydrogen-bond acceptors (Lipinski definition) is 3. The SMILES string of the molecule is CCC(NS(=O)(=O)c1ccccc1C#CCCO)C(C)C. The lowest BCUT2D eigenvalue weighted by molar-refractivity contribution is 0.305. The number of aliphatic hydroxyl groups excluding tert-OH is 1. The van der Waals surface area contributed by atoms with Crippen molar-refractivity contribution in [3.63, 3.8) is 0 Å². The topological polar surface area (TPSA) is 66.4 Å². The molecule has 0 spiro atoms. The predicted molar refractivity (Wildman–Crippen MR) is 84.3 cm³/mol. The quantitative estimate of drug-likeness (QED) is 0.791. The molecule has 0 bridgehead atoms. The summed E-state index contributed by atoms with van der Waals surface area (Å²) in [5, 5.41) is 8.75. The highest BCUT2D eigenvalue weighted by atomic mass is 32.2. The number of aliphatic hydroxyl groups is 1. The number of sulfonamides is 1. The summed E-state index contributed by atoms with van der Waals surface area (Å²) in [6.45, 7) is 5.90. The summed E-state index contributed by atoms with van der Waals surface area (Å²) >= 11 is 0. The molecule has 21 heavy (non-hydrogen) atoms. The van der Waals surface area contributed by atoms with Crippen LogP contribution < -0.4 is 4.72 Å². The third-order valence-corrected chi connectivity index (χ3v) is 4.74. The molecule has 0 heterocycles. The van der Waals surface area contributed by atoms with E-state index in [4.69, 9.17) is 5.11 Å². The summed E-state index contributed by atoms with van der Waals surface area (Å²) in [7, 11) is -3.60. The molecule has 0 aromatic heterocycles. The Bertz CT molecular complexity index is 612. The van der Waals surface area contributed by atoms with Crippen molar-refractivity contribution in [2.45, 2.75) is 44.6 Å². The van der Waals surface area contributed by atoms with E-state index >= 15 is 0 Å². The highest BCUT2D eigenvalue weighted by molar-refractivity contribution is 7.89. The molecule has 1 aromatic carbocycles. The van der Waals surface area contributed by atoms with E-state index in [0.29, 0.717) is 12.0 Å². The summed E-state index contributed by atoms with van der Waals surface area (Å²) in [5.74, 6) is 5.79. The van der Waals surface area contributed by atoms with E-state index in [-0.39, 0.29) is 23.5 Å². The van der Waals surface area contributed by atoms with Gasteiger partial charge in [-0.25, -0.2) is 13.1 Å². The maximum absolute atomic E-state index is 12.5. The molecule has 2 N–H and O–H groups in total. The van der Waals surface area contributed by atoms with Gasteiger partial charge in [-0.15, -0.1) is 0 Å². The first-order chi connectivity index (χ1) is 9.92. The Balaban J connectivity index is 3.12. The van der Waals surface area contributed by atoms with Crippen LogP contribution in [0.25, 0.3) is 0 Å². The van der Waals surface area contributed by atoms with Gasteiger partial charge in [-0.3, -0.25) is 0 Å². The Morgan fingerprint density at radius 2 is 1.95 bits per heavy atom. The van der Waals surface area contributed by atoms with E-state index in [9.17, 15) is 8.42 Å². The molecular formula is C16H23NO3S. The molecule has 0 radical (unpaired) electrons. The van der Waals surface area contributed by atoms with Crippen LogP contribution in [0.3, 0.4) is 0 Å². The van der Waals surface area contributed by atoms with Crippen LogP contribution in [0.5, 0.6) is 0 Å². The summed E-state index contributed by atoms with van der Waals surface area (Å²) in [5.41, 5.74) is 0.456. The van der Waals surface area contributed by atoms with Crippen LogP contribution in [0.4, 0.5) is 0 Å². The summed E-state index contributed by atoms with van der Waals surface area (Å²) in [6, 6.07) is 6.56. The molecule has 0 saturated carbocycles. The van der Waals surface area contributed by atoms with Gasteiger partial charge in [0.15, 0.2) is 0 Å². The van der Waals surface area contributed by atoms with Crippen LogP contribution in [0.1, 0.15) is 39.2 Å². The standard InChI is InChI=1S/C16H23NO3S/c1-4-15(13(2)3)17-21(19,20)16-11-6-5-9-14(16)10-7-8-12-18/h5-6,9,11,13,15,17-18H,4,8,12H2,1-3H3. The third-order valence-electron chi connectivity index (χ3n) is 3.19. The zero-order valence-electron chi connectivity index (χ0n) is 12.8. The maximum Gasteiger partial charge on any atom is 0.242 e. The van der Waals surface area contributed by atoms with Crippen molar-refractivity contribution in [2.24, 2.45) is 5.92 Å².